The minimum atomic E-state index is -3.14. The van der Waals surface area contributed by atoms with E-state index in [0.29, 0.717) is 38.2 Å². The lowest BCUT2D eigenvalue weighted by Crippen LogP contribution is -2.32. The van der Waals surface area contributed by atoms with E-state index in [1.165, 1.54) is 22.7 Å². The van der Waals surface area contributed by atoms with E-state index < -0.39 is 15.8 Å². The Balaban J connectivity index is 2.32. The number of nitrogens with one attached hydrogen (secondary N) is 1. The molecule has 0 aliphatic heterocycles. The molecule has 5 nitrogen and oxygen atoms in total. The second-order valence-electron chi connectivity index (χ2n) is 4.60. The molecule has 1 aromatic carbocycles. The van der Waals surface area contributed by atoms with Gasteiger partial charge in [0, 0.05) is 25.7 Å². The van der Waals surface area contributed by atoms with Gasteiger partial charge >= 0.3 is 0 Å². The molecule has 0 radical (unpaired) electrons. The number of halogens is 1. The zero-order chi connectivity index (χ0) is 15.2. The Labute approximate surface area is 119 Å². The Morgan fingerprint density at radius 3 is 2.60 bits per heavy atom. The zero-order valence-electron chi connectivity index (χ0n) is 11.8. The molecule has 0 heterocycles. The molecule has 114 valence electrons. The van der Waals surface area contributed by atoms with Gasteiger partial charge in [0.15, 0.2) is 0 Å². The Morgan fingerprint density at radius 1 is 1.35 bits per heavy atom. The highest BCUT2D eigenvalue weighted by Gasteiger charge is 2.12. The Kier molecular flexibility index (Phi) is 6.38. The van der Waals surface area contributed by atoms with Crippen LogP contribution in [-0.4, -0.2) is 43.7 Å². The molecule has 0 bridgehead atoms. The Hall–Kier alpha value is -1.18. The van der Waals surface area contributed by atoms with Crippen molar-refractivity contribution in [2.75, 3.05) is 25.9 Å². The van der Waals surface area contributed by atoms with Gasteiger partial charge < -0.3 is 10.4 Å². The average Bonchev–Trinajstić information content (AvgIpc) is 2.30. The van der Waals surface area contributed by atoms with Crippen LogP contribution in [0.2, 0.25) is 0 Å². The van der Waals surface area contributed by atoms with Crippen LogP contribution < -0.4 is 5.32 Å². The predicted molar refractivity (Wildman–Crippen MR) is 76.5 cm³/mol. The van der Waals surface area contributed by atoms with E-state index >= 15 is 0 Å². The molecule has 0 aliphatic rings. The van der Waals surface area contributed by atoms with Gasteiger partial charge in [0.2, 0.25) is 10.0 Å². The molecule has 0 unspecified atom stereocenters. The Bertz CT molecular complexity index is 514. The molecule has 2 N–H and O–H groups in total. The number of hydrogen-bond acceptors (Lipinski definition) is 4. The van der Waals surface area contributed by atoms with E-state index in [1.807, 2.05) is 0 Å². The summed E-state index contributed by atoms with van der Waals surface area (Å²) in [6.07, 6.45) is 1.86. The summed E-state index contributed by atoms with van der Waals surface area (Å²) in [6, 6.07) is 3.89. The highest BCUT2D eigenvalue weighted by Crippen LogP contribution is 2.14. The molecule has 0 aliphatic carbocycles. The maximum Gasteiger partial charge on any atom is 0.211 e. The van der Waals surface area contributed by atoms with E-state index in [0.717, 1.165) is 6.07 Å². The quantitative estimate of drug-likeness (QED) is 0.710. The standard InChI is InChI=1S/C13H21FN2O3S/c1-3-16(20(2,18)19)6-4-5-15-10-11-7-12(14)9-13(17)8-11/h7-9,15,17H,3-6,10H2,1-2H3. The first kappa shape index (κ1) is 16.9. The fraction of sp³-hybridized carbons (Fsp3) is 0.538. The normalized spacial score (nSPS) is 12.0. The number of aromatic hydroxyl groups is 1. The summed E-state index contributed by atoms with van der Waals surface area (Å²) >= 11 is 0. The van der Waals surface area contributed by atoms with Crippen molar-refractivity contribution in [2.45, 2.75) is 19.9 Å². The van der Waals surface area contributed by atoms with Gasteiger partial charge in [-0.1, -0.05) is 6.92 Å². The molecule has 7 heteroatoms. The van der Waals surface area contributed by atoms with Gasteiger partial charge in [-0.05, 0) is 30.7 Å². The van der Waals surface area contributed by atoms with Crippen molar-refractivity contribution in [1.29, 1.82) is 0 Å². The summed E-state index contributed by atoms with van der Waals surface area (Å²) in [5, 5.41) is 12.3. The van der Waals surface area contributed by atoms with Gasteiger partial charge in [-0.2, -0.15) is 0 Å². The maximum absolute atomic E-state index is 13.0. The monoisotopic (exact) mass is 304 g/mol. The molecule has 0 aromatic heterocycles. The molecule has 1 rings (SSSR count). The number of hydrogen-bond donors (Lipinski definition) is 2. The van der Waals surface area contributed by atoms with E-state index in [-0.39, 0.29) is 5.75 Å². The molecule has 0 saturated heterocycles. The topological polar surface area (TPSA) is 69.6 Å². The zero-order valence-corrected chi connectivity index (χ0v) is 12.6. The minimum Gasteiger partial charge on any atom is -0.508 e. The first-order chi connectivity index (χ1) is 9.32. The van der Waals surface area contributed by atoms with Crippen LogP contribution in [0.1, 0.15) is 18.9 Å². The third kappa shape index (κ3) is 5.85. The van der Waals surface area contributed by atoms with Crippen molar-refractivity contribution in [2.24, 2.45) is 0 Å². The van der Waals surface area contributed by atoms with Crippen LogP contribution in [0, 0.1) is 5.82 Å². The third-order valence-electron chi connectivity index (χ3n) is 2.85. The molecule has 0 spiro atoms. The van der Waals surface area contributed by atoms with E-state index in [2.05, 4.69) is 5.32 Å². The first-order valence-corrected chi connectivity index (χ1v) is 8.32. The minimum absolute atomic E-state index is 0.101. The highest BCUT2D eigenvalue weighted by molar-refractivity contribution is 7.88. The van der Waals surface area contributed by atoms with Crippen LogP contribution in [0.3, 0.4) is 0 Å². The first-order valence-electron chi connectivity index (χ1n) is 6.47. The Morgan fingerprint density at radius 2 is 2.05 bits per heavy atom. The smallest absolute Gasteiger partial charge is 0.211 e. The van der Waals surface area contributed by atoms with Gasteiger partial charge in [0.05, 0.1) is 6.26 Å². The number of benzene rings is 1. The second-order valence-corrected chi connectivity index (χ2v) is 6.59. The van der Waals surface area contributed by atoms with E-state index in [9.17, 15) is 17.9 Å². The molecular weight excluding hydrogens is 283 g/mol. The predicted octanol–water partition coefficient (Wildman–Crippen LogP) is 1.29. The van der Waals surface area contributed by atoms with Gasteiger partial charge in [-0.3, -0.25) is 0 Å². The number of sulfonamides is 1. The molecule has 1 aromatic rings. The lowest BCUT2D eigenvalue weighted by atomic mass is 10.2. The summed E-state index contributed by atoms with van der Waals surface area (Å²) in [4.78, 5) is 0. The lowest BCUT2D eigenvalue weighted by molar-refractivity contribution is 0.418. The van der Waals surface area contributed by atoms with Crippen molar-refractivity contribution >= 4 is 10.0 Å². The van der Waals surface area contributed by atoms with Crippen LogP contribution in [-0.2, 0) is 16.6 Å². The van der Waals surface area contributed by atoms with Gasteiger partial charge in [-0.15, -0.1) is 0 Å². The van der Waals surface area contributed by atoms with Crippen LogP contribution in [0.25, 0.3) is 0 Å². The SMILES string of the molecule is CCN(CCCNCc1cc(O)cc(F)c1)S(C)(=O)=O. The summed E-state index contributed by atoms with van der Waals surface area (Å²) in [5.41, 5.74) is 0.651. The van der Waals surface area contributed by atoms with Crippen LogP contribution in [0.5, 0.6) is 5.75 Å². The van der Waals surface area contributed by atoms with Crippen LogP contribution >= 0.6 is 0 Å². The number of phenols is 1. The maximum atomic E-state index is 13.0. The molecule has 0 atom stereocenters. The van der Waals surface area contributed by atoms with Gasteiger partial charge in [0.25, 0.3) is 0 Å². The average molecular weight is 304 g/mol. The molecule has 20 heavy (non-hydrogen) atoms. The largest absolute Gasteiger partial charge is 0.508 e. The summed E-state index contributed by atoms with van der Waals surface area (Å²) < 4.78 is 37.1. The fourth-order valence-electron chi connectivity index (χ4n) is 1.91. The van der Waals surface area contributed by atoms with Crippen molar-refractivity contribution in [3.63, 3.8) is 0 Å². The third-order valence-corrected chi connectivity index (χ3v) is 4.23. The van der Waals surface area contributed by atoms with E-state index in [4.69, 9.17) is 0 Å². The van der Waals surface area contributed by atoms with Crippen molar-refractivity contribution in [3.05, 3.63) is 29.6 Å². The summed E-state index contributed by atoms with van der Waals surface area (Å²) in [7, 11) is -3.14. The summed E-state index contributed by atoms with van der Waals surface area (Å²) in [6.45, 7) is 3.75. The molecule has 0 fully saturated rings. The molecular formula is C13H21FN2O3S. The van der Waals surface area contributed by atoms with Crippen molar-refractivity contribution in [1.82, 2.24) is 9.62 Å². The number of nitrogens with zero attached hydrogens (tertiary/aromatic N) is 1. The van der Waals surface area contributed by atoms with Crippen LogP contribution in [0.15, 0.2) is 18.2 Å². The second kappa shape index (κ2) is 7.56. The van der Waals surface area contributed by atoms with Crippen molar-refractivity contribution < 1.29 is 17.9 Å². The lowest BCUT2D eigenvalue weighted by Gasteiger charge is -2.17. The van der Waals surface area contributed by atoms with E-state index in [1.54, 1.807) is 6.92 Å². The molecule has 0 amide bonds. The number of phenolic OH excluding ortho intramolecular Hbond substituents is 1. The highest BCUT2D eigenvalue weighted by atomic mass is 32.2. The number of rotatable bonds is 8. The molecule has 0 saturated carbocycles. The van der Waals surface area contributed by atoms with Gasteiger partial charge in [0.1, 0.15) is 11.6 Å². The fourth-order valence-corrected chi connectivity index (χ4v) is 2.84. The van der Waals surface area contributed by atoms with Crippen LogP contribution in [0.4, 0.5) is 4.39 Å². The van der Waals surface area contributed by atoms with Gasteiger partial charge in [-0.25, -0.2) is 17.1 Å². The summed E-state index contributed by atoms with van der Waals surface area (Å²) in [5.74, 6) is -0.577. The van der Waals surface area contributed by atoms with Crippen molar-refractivity contribution in [3.8, 4) is 5.75 Å².